The molecule has 0 unspecified atom stereocenters. The molecule has 1 aromatic heterocycles. The summed E-state index contributed by atoms with van der Waals surface area (Å²) < 4.78 is 6.39. The Hall–Kier alpha value is -1.46. The number of rotatable bonds is 3. The van der Waals surface area contributed by atoms with Gasteiger partial charge in [0.2, 0.25) is 0 Å². The molecule has 4 nitrogen and oxygen atoms in total. The van der Waals surface area contributed by atoms with Crippen LogP contribution in [0.3, 0.4) is 0 Å². The predicted molar refractivity (Wildman–Crippen MR) is 84.4 cm³/mol. The van der Waals surface area contributed by atoms with Gasteiger partial charge in [0.15, 0.2) is 0 Å². The largest absolute Gasteiger partial charge is 0.372 e. The molecule has 0 bridgehead atoms. The number of carbonyl (C=O) groups is 1. The molecular weight excluding hydrogens is 284 g/mol. The van der Waals surface area contributed by atoms with Gasteiger partial charge in [-0.2, -0.15) is 0 Å². The molecule has 1 aromatic carbocycles. The van der Waals surface area contributed by atoms with E-state index in [4.69, 9.17) is 9.72 Å². The molecule has 21 heavy (non-hydrogen) atoms. The summed E-state index contributed by atoms with van der Waals surface area (Å²) in [5.74, 6) is 0.0708. The molecule has 112 valence electrons. The number of likely N-dealkylation sites (tertiary alicyclic amines) is 1. The normalized spacial score (nSPS) is 20.7. The van der Waals surface area contributed by atoms with E-state index in [0.717, 1.165) is 36.3 Å². The summed E-state index contributed by atoms with van der Waals surface area (Å²) in [6, 6.07) is 8.25. The maximum atomic E-state index is 12.5. The van der Waals surface area contributed by atoms with Crippen LogP contribution in [-0.2, 0) is 9.53 Å². The predicted octanol–water partition coefficient (Wildman–Crippen LogP) is 3.38. The maximum absolute atomic E-state index is 12.5. The van der Waals surface area contributed by atoms with E-state index >= 15 is 0 Å². The molecule has 2 heterocycles. The number of amides is 1. The van der Waals surface area contributed by atoms with E-state index in [-0.39, 0.29) is 18.1 Å². The number of fused-ring (bicyclic) bond motifs is 1. The van der Waals surface area contributed by atoms with Gasteiger partial charge in [0, 0.05) is 13.7 Å². The third-order valence-corrected chi connectivity index (χ3v) is 5.22. The van der Waals surface area contributed by atoms with Crippen molar-refractivity contribution in [3.8, 4) is 0 Å². The third-order valence-electron chi connectivity index (χ3n) is 4.08. The first kappa shape index (κ1) is 14.5. The van der Waals surface area contributed by atoms with Gasteiger partial charge in [-0.3, -0.25) is 4.79 Å². The van der Waals surface area contributed by atoms with Crippen molar-refractivity contribution in [3.05, 3.63) is 29.3 Å². The molecule has 1 amide bonds. The summed E-state index contributed by atoms with van der Waals surface area (Å²) in [7, 11) is 1.58. The highest BCUT2D eigenvalue weighted by Gasteiger charge is 2.32. The Morgan fingerprint density at radius 1 is 1.43 bits per heavy atom. The molecular formula is C16H20N2O2S. The monoisotopic (exact) mass is 304 g/mol. The first-order chi connectivity index (χ1) is 10.2. The van der Waals surface area contributed by atoms with Crippen LogP contribution >= 0.6 is 11.3 Å². The molecule has 2 aromatic rings. The average Bonchev–Trinajstić information content (AvgIpc) is 2.97. The highest BCUT2D eigenvalue weighted by atomic mass is 32.1. The van der Waals surface area contributed by atoms with Crippen molar-refractivity contribution in [2.45, 2.75) is 38.3 Å². The van der Waals surface area contributed by atoms with Crippen LogP contribution in [0.4, 0.5) is 0 Å². The van der Waals surface area contributed by atoms with Crippen molar-refractivity contribution in [1.82, 2.24) is 9.88 Å². The minimum absolute atomic E-state index is 0.0708. The van der Waals surface area contributed by atoms with Crippen molar-refractivity contribution in [2.75, 3.05) is 13.7 Å². The summed E-state index contributed by atoms with van der Waals surface area (Å²) in [5.41, 5.74) is 1.02. The second kappa shape index (κ2) is 6.12. The van der Waals surface area contributed by atoms with E-state index in [1.165, 1.54) is 4.70 Å². The molecule has 0 saturated carbocycles. The van der Waals surface area contributed by atoms with Gasteiger partial charge in [0.1, 0.15) is 11.1 Å². The van der Waals surface area contributed by atoms with Crippen molar-refractivity contribution in [1.29, 1.82) is 0 Å². The zero-order valence-electron chi connectivity index (χ0n) is 12.4. The number of hydrogen-bond donors (Lipinski definition) is 0. The fraction of sp³-hybridized carbons (Fsp3) is 0.500. The Kier molecular flexibility index (Phi) is 4.22. The number of benzene rings is 1. The highest BCUT2D eigenvalue weighted by Crippen LogP contribution is 2.35. The lowest BCUT2D eigenvalue weighted by Crippen LogP contribution is -2.43. The number of nitrogens with zero attached hydrogens (tertiary/aromatic N) is 2. The van der Waals surface area contributed by atoms with Crippen LogP contribution in [0.15, 0.2) is 24.3 Å². The van der Waals surface area contributed by atoms with Gasteiger partial charge in [-0.15, -0.1) is 11.3 Å². The fourth-order valence-electron chi connectivity index (χ4n) is 2.82. The van der Waals surface area contributed by atoms with E-state index in [2.05, 4.69) is 6.07 Å². The van der Waals surface area contributed by atoms with Crippen LogP contribution in [0.5, 0.6) is 0 Å². The molecule has 3 rings (SSSR count). The summed E-state index contributed by atoms with van der Waals surface area (Å²) in [6.07, 6.45) is 2.80. The summed E-state index contributed by atoms with van der Waals surface area (Å²) in [4.78, 5) is 19.2. The smallest absolute Gasteiger partial charge is 0.251 e. The minimum Gasteiger partial charge on any atom is -0.372 e. The van der Waals surface area contributed by atoms with E-state index in [1.54, 1.807) is 18.4 Å². The summed E-state index contributed by atoms with van der Waals surface area (Å²) >= 11 is 1.70. The van der Waals surface area contributed by atoms with Gasteiger partial charge in [-0.05, 0) is 38.3 Å². The molecule has 1 aliphatic rings. The van der Waals surface area contributed by atoms with E-state index < -0.39 is 0 Å². The Balaban J connectivity index is 1.91. The van der Waals surface area contributed by atoms with E-state index in [9.17, 15) is 4.79 Å². The number of methoxy groups -OCH3 is 1. The number of piperidine rings is 1. The van der Waals surface area contributed by atoms with E-state index in [1.807, 2.05) is 30.0 Å². The van der Waals surface area contributed by atoms with Gasteiger partial charge in [-0.25, -0.2) is 4.98 Å². The number of carbonyl (C=O) groups excluding carboxylic acids is 1. The van der Waals surface area contributed by atoms with Crippen molar-refractivity contribution in [3.63, 3.8) is 0 Å². The molecule has 1 fully saturated rings. The van der Waals surface area contributed by atoms with Crippen LogP contribution in [0, 0.1) is 0 Å². The van der Waals surface area contributed by atoms with Gasteiger partial charge in [0.25, 0.3) is 5.91 Å². The van der Waals surface area contributed by atoms with Gasteiger partial charge in [-0.1, -0.05) is 12.1 Å². The van der Waals surface area contributed by atoms with Gasteiger partial charge < -0.3 is 9.64 Å². The zero-order chi connectivity index (χ0) is 14.8. The average molecular weight is 304 g/mol. The molecule has 0 aliphatic carbocycles. The van der Waals surface area contributed by atoms with Crippen molar-refractivity contribution < 1.29 is 9.53 Å². The number of aromatic nitrogens is 1. The Bertz CT molecular complexity index is 607. The fourth-order valence-corrected chi connectivity index (χ4v) is 3.93. The number of ether oxygens (including phenoxy) is 1. The minimum atomic E-state index is -0.389. The number of thiazole rings is 1. The Morgan fingerprint density at radius 2 is 2.24 bits per heavy atom. The second-order valence-electron chi connectivity index (χ2n) is 5.44. The van der Waals surface area contributed by atoms with Gasteiger partial charge >= 0.3 is 0 Å². The first-order valence-corrected chi connectivity index (χ1v) is 8.21. The lowest BCUT2D eigenvalue weighted by atomic mass is 10.0. The third kappa shape index (κ3) is 2.80. The SMILES string of the molecule is CO[C@H](C)C(=O)N1CCCC[C@@H]1c1nc2ccccc2s1. The van der Waals surface area contributed by atoms with Crippen LogP contribution in [-0.4, -0.2) is 35.5 Å². The summed E-state index contributed by atoms with van der Waals surface area (Å²) in [5, 5.41) is 1.05. The molecule has 1 saturated heterocycles. The summed E-state index contributed by atoms with van der Waals surface area (Å²) in [6.45, 7) is 2.61. The highest BCUT2D eigenvalue weighted by molar-refractivity contribution is 7.18. The van der Waals surface area contributed by atoms with Gasteiger partial charge in [0.05, 0.1) is 16.3 Å². The topological polar surface area (TPSA) is 42.4 Å². The van der Waals surface area contributed by atoms with Crippen molar-refractivity contribution >= 4 is 27.5 Å². The second-order valence-corrected chi connectivity index (χ2v) is 6.50. The zero-order valence-corrected chi connectivity index (χ0v) is 13.2. The molecule has 0 N–H and O–H groups in total. The maximum Gasteiger partial charge on any atom is 0.251 e. The Morgan fingerprint density at radius 3 is 3.00 bits per heavy atom. The van der Waals surface area contributed by atoms with Crippen LogP contribution < -0.4 is 0 Å². The van der Waals surface area contributed by atoms with Crippen molar-refractivity contribution in [2.24, 2.45) is 0 Å². The molecule has 0 spiro atoms. The molecule has 2 atom stereocenters. The van der Waals surface area contributed by atoms with Crippen LogP contribution in [0.25, 0.3) is 10.2 Å². The van der Waals surface area contributed by atoms with Crippen LogP contribution in [0.1, 0.15) is 37.2 Å². The Labute approximate surface area is 128 Å². The quantitative estimate of drug-likeness (QED) is 0.873. The molecule has 0 radical (unpaired) electrons. The number of para-hydroxylation sites is 1. The molecule has 1 aliphatic heterocycles. The van der Waals surface area contributed by atoms with E-state index in [0.29, 0.717) is 0 Å². The molecule has 5 heteroatoms. The standard InChI is InChI=1S/C16H20N2O2S/c1-11(20-2)16(19)18-10-6-5-8-13(18)15-17-12-7-3-4-9-14(12)21-15/h3-4,7,9,11,13H,5-6,8,10H2,1-2H3/t11-,13-/m1/s1. The first-order valence-electron chi connectivity index (χ1n) is 7.39. The lowest BCUT2D eigenvalue weighted by molar-refractivity contribution is -0.145. The lowest BCUT2D eigenvalue weighted by Gasteiger charge is -2.35. The number of hydrogen-bond acceptors (Lipinski definition) is 4. The van der Waals surface area contributed by atoms with Crippen LogP contribution in [0.2, 0.25) is 0 Å².